The number of hydrogen-bond donors (Lipinski definition) is 1. The van der Waals surface area contributed by atoms with Crippen LogP contribution in [-0.4, -0.2) is 5.11 Å². The fourth-order valence-corrected chi connectivity index (χ4v) is 2.81. The number of aliphatic hydroxyl groups excluding tert-OH is 1. The maximum absolute atomic E-state index is 10.2. The summed E-state index contributed by atoms with van der Waals surface area (Å²) in [4.78, 5) is 2.26. The van der Waals surface area contributed by atoms with Crippen molar-refractivity contribution in [2.24, 2.45) is 0 Å². The molecule has 0 aliphatic heterocycles. The Labute approximate surface area is 107 Å². The van der Waals surface area contributed by atoms with Crippen LogP contribution in [0.25, 0.3) is 0 Å². The molecule has 0 radical (unpaired) electrons. The van der Waals surface area contributed by atoms with Gasteiger partial charge in [-0.05, 0) is 36.6 Å². The summed E-state index contributed by atoms with van der Waals surface area (Å²) in [5.41, 5.74) is 2.32. The van der Waals surface area contributed by atoms with Gasteiger partial charge in [-0.1, -0.05) is 37.6 Å². The molecule has 1 aromatic carbocycles. The Morgan fingerprint density at radius 3 is 2.35 bits per heavy atom. The minimum absolute atomic E-state index is 0.482. The fourth-order valence-electron chi connectivity index (χ4n) is 1.92. The third-order valence-corrected chi connectivity index (χ3v) is 3.92. The van der Waals surface area contributed by atoms with E-state index in [9.17, 15) is 5.11 Å². The lowest BCUT2D eigenvalue weighted by Gasteiger charge is -2.09. The summed E-state index contributed by atoms with van der Waals surface area (Å²) >= 11 is 1.66. The van der Waals surface area contributed by atoms with Gasteiger partial charge < -0.3 is 5.11 Å². The van der Waals surface area contributed by atoms with E-state index in [1.165, 1.54) is 10.4 Å². The molecular weight excluding hydrogens is 228 g/mol. The van der Waals surface area contributed by atoms with Crippen molar-refractivity contribution in [2.45, 2.75) is 32.8 Å². The van der Waals surface area contributed by atoms with E-state index in [1.807, 2.05) is 18.2 Å². The van der Waals surface area contributed by atoms with Gasteiger partial charge in [0.05, 0.1) is 0 Å². The minimum atomic E-state index is -0.482. The van der Waals surface area contributed by atoms with Gasteiger partial charge in [-0.15, -0.1) is 11.3 Å². The molecule has 1 nitrogen and oxygen atoms in total. The lowest BCUT2D eigenvalue weighted by Crippen LogP contribution is -1.97. The van der Waals surface area contributed by atoms with Gasteiger partial charge in [-0.2, -0.15) is 0 Å². The van der Waals surface area contributed by atoms with Crippen molar-refractivity contribution in [3.05, 3.63) is 57.3 Å². The molecule has 0 aliphatic carbocycles. The van der Waals surface area contributed by atoms with E-state index in [2.05, 4.69) is 32.0 Å². The number of benzene rings is 1. The highest BCUT2D eigenvalue weighted by Gasteiger charge is 2.11. The first kappa shape index (κ1) is 12.3. The summed E-state index contributed by atoms with van der Waals surface area (Å²) in [6.07, 6.45) is 1.78. The summed E-state index contributed by atoms with van der Waals surface area (Å²) in [5, 5.41) is 10.2. The van der Waals surface area contributed by atoms with Crippen molar-refractivity contribution in [3.63, 3.8) is 0 Å². The quantitative estimate of drug-likeness (QED) is 0.861. The van der Waals surface area contributed by atoms with Crippen molar-refractivity contribution in [3.8, 4) is 0 Å². The van der Waals surface area contributed by atoms with Crippen LogP contribution in [0.15, 0.2) is 36.4 Å². The highest BCUT2D eigenvalue weighted by atomic mass is 32.1. The van der Waals surface area contributed by atoms with Crippen LogP contribution in [0.2, 0.25) is 0 Å². The molecule has 0 bridgehead atoms. The second kappa shape index (κ2) is 5.48. The van der Waals surface area contributed by atoms with Crippen molar-refractivity contribution >= 4 is 11.3 Å². The van der Waals surface area contributed by atoms with E-state index < -0.39 is 6.10 Å². The molecule has 0 aliphatic rings. The Morgan fingerprint density at radius 2 is 1.82 bits per heavy atom. The summed E-state index contributed by atoms with van der Waals surface area (Å²) in [6.45, 7) is 4.24. The van der Waals surface area contributed by atoms with Crippen LogP contribution >= 0.6 is 11.3 Å². The topological polar surface area (TPSA) is 20.2 Å². The van der Waals surface area contributed by atoms with E-state index in [-0.39, 0.29) is 0 Å². The smallest absolute Gasteiger partial charge is 0.113 e. The highest BCUT2D eigenvalue weighted by molar-refractivity contribution is 7.12. The van der Waals surface area contributed by atoms with E-state index in [1.54, 1.807) is 11.3 Å². The van der Waals surface area contributed by atoms with Crippen molar-refractivity contribution in [2.75, 3.05) is 0 Å². The summed E-state index contributed by atoms with van der Waals surface area (Å²) < 4.78 is 0. The normalized spacial score (nSPS) is 12.6. The zero-order valence-corrected chi connectivity index (χ0v) is 11.1. The molecule has 2 aromatic rings. The van der Waals surface area contributed by atoms with E-state index >= 15 is 0 Å². The Balaban J connectivity index is 2.16. The monoisotopic (exact) mass is 246 g/mol. The molecule has 17 heavy (non-hydrogen) atoms. The second-order valence-electron chi connectivity index (χ2n) is 4.34. The predicted octanol–water partition coefficient (Wildman–Crippen LogP) is 4.09. The van der Waals surface area contributed by atoms with Gasteiger partial charge in [0.25, 0.3) is 0 Å². The van der Waals surface area contributed by atoms with Crippen LogP contribution in [-0.2, 0) is 6.42 Å². The molecule has 0 saturated heterocycles. The maximum Gasteiger partial charge on any atom is 0.113 e. The lowest BCUT2D eigenvalue weighted by molar-refractivity contribution is 0.224. The third kappa shape index (κ3) is 2.96. The third-order valence-electron chi connectivity index (χ3n) is 2.86. The van der Waals surface area contributed by atoms with Crippen LogP contribution in [0, 0.1) is 6.92 Å². The Kier molecular flexibility index (Phi) is 3.97. The molecule has 1 unspecified atom stereocenters. The first-order valence-corrected chi connectivity index (χ1v) is 6.85. The first-order valence-electron chi connectivity index (χ1n) is 6.04. The van der Waals surface area contributed by atoms with Gasteiger partial charge in [0, 0.05) is 9.75 Å². The largest absolute Gasteiger partial charge is 0.383 e. The fraction of sp³-hybridized carbons (Fsp3) is 0.333. The van der Waals surface area contributed by atoms with Crippen molar-refractivity contribution < 1.29 is 5.11 Å². The van der Waals surface area contributed by atoms with E-state index in [0.717, 1.165) is 23.3 Å². The molecule has 0 fully saturated rings. The molecule has 1 atom stereocenters. The number of aliphatic hydroxyl groups is 1. The molecule has 1 heterocycles. The zero-order valence-electron chi connectivity index (χ0n) is 10.3. The van der Waals surface area contributed by atoms with Crippen LogP contribution in [0.3, 0.4) is 0 Å². The van der Waals surface area contributed by atoms with Gasteiger partial charge >= 0.3 is 0 Å². The molecule has 2 heteroatoms. The molecule has 0 amide bonds. The molecule has 90 valence electrons. The van der Waals surface area contributed by atoms with Crippen LogP contribution < -0.4 is 0 Å². The number of thiophene rings is 1. The van der Waals surface area contributed by atoms with Gasteiger partial charge in [-0.25, -0.2) is 0 Å². The molecule has 1 N–H and O–H groups in total. The standard InChI is InChI=1S/C15H18OS/c1-3-4-12-6-8-13(9-7-12)15(16)14-10-5-11(2)17-14/h5-10,15-16H,3-4H2,1-2H3. The molecular formula is C15H18OS. The minimum Gasteiger partial charge on any atom is -0.383 e. The SMILES string of the molecule is CCCc1ccc(C(O)c2ccc(C)s2)cc1. The second-order valence-corrected chi connectivity index (χ2v) is 5.66. The van der Waals surface area contributed by atoms with E-state index in [4.69, 9.17) is 0 Å². The molecule has 1 aromatic heterocycles. The van der Waals surface area contributed by atoms with Crippen molar-refractivity contribution in [1.82, 2.24) is 0 Å². The van der Waals surface area contributed by atoms with E-state index in [0.29, 0.717) is 0 Å². The van der Waals surface area contributed by atoms with Gasteiger partial charge in [-0.3, -0.25) is 0 Å². The van der Waals surface area contributed by atoms with Crippen LogP contribution in [0.4, 0.5) is 0 Å². The summed E-state index contributed by atoms with van der Waals surface area (Å²) in [5.74, 6) is 0. The molecule has 0 spiro atoms. The first-order chi connectivity index (χ1) is 8.20. The number of hydrogen-bond acceptors (Lipinski definition) is 2. The van der Waals surface area contributed by atoms with Crippen LogP contribution in [0.1, 0.15) is 40.3 Å². The summed E-state index contributed by atoms with van der Waals surface area (Å²) in [7, 11) is 0. The average Bonchev–Trinajstić information content (AvgIpc) is 2.76. The Bertz CT molecular complexity index is 470. The van der Waals surface area contributed by atoms with Crippen molar-refractivity contribution in [1.29, 1.82) is 0 Å². The Morgan fingerprint density at radius 1 is 1.12 bits per heavy atom. The van der Waals surface area contributed by atoms with Crippen LogP contribution in [0.5, 0.6) is 0 Å². The molecule has 0 saturated carbocycles. The zero-order chi connectivity index (χ0) is 12.3. The van der Waals surface area contributed by atoms with Gasteiger partial charge in [0.1, 0.15) is 6.10 Å². The molecule has 2 rings (SSSR count). The summed E-state index contributed by atoms with van der Waals surface area (Å²) in [6, 6.07) is 12.3. The highest BCUT2D eigenvalue weighted by Crippen LogP contribution is 2.28. The average molecular weight is 246 g/mol. The van der Waals surface area contributed by atoms with Gasteiger partial charge in [0.15, 0.2) is 0 Å². The lowest BCUT2D eigenvalue weighted by atomic mass is 10.0. The number of aryl methyl sites for hydroxylation is 2. The predicted molar refractivity (Wildman–Crippen MR) is 73.6 cm³/mol. The van der Waals surface area contributed by atoms with Gasteiger partial charge in [0.2, 0.25) is 0 Å². The Hall–Kier alpha value is -1.12. The number of rotatable bonds is 4. The maximum atomic E-state index is 10.2.